The van der Waals surface area contributed by atoms with Crippen molar-refractivity contribution < 1.29 is 0 Å². The molecule has 0 aliphatic heterocycles. The normalized spacial score (nSPS) is 11.1. The number of aromatic nitrogens is 1. The van der Waals surface area contributed by atoms with Crippen molar-refractivity contribution in [3.05, 3.63) is 23.9 Å². The number of hydrogen-bond donors (Lipinski definition) is 1. The molecule has 18 heavy (non-hydrogen) atoms. The SMILES string of the molecule is CCCCCC(CCCCC)c1ccc(N)nc1. The summed E-state index contributed by atoms with van der Waals surface area (Å²) in [5.74, 6) is 1.30. The maximum Gasteiger partial charge on any atom is 0.123 e. The predicted molar refractivity (Wildman–Crippen MR) is 79.7 cm³/mol. The Kier molecular flexibility index (Phi) is 7.47. The second-order valence-corrected chi connectivity index (χ2v) is 5.20. The third kappa shape index (κ3) is 5.52. The highest BCUT2D eigenvalue weighted by atomic mass is 14.8. The van der Waals surface area contributed by atoms with Crippen molar-refractivity contribution in [3.8, 4) is 0 Å². The van der Waals surface area contributed by atoms with Crippen molar-refractivity contribution in [1.29, 1.82) is 0 Å². The smallest absolute Gasteiger partial charge is 0.123 e. The number of nitrogen functional groups attached to an aromatic ring is 1. The quantitative estimate of drug-likeness (QED) is 0.631. The van der Waals surface area contributed by atoms with E-state index in [2.05, 4.69) is 24.9 Å². The van der Waals surface area contributed by atoms with Gasteiger partial charge in [0.1, 0.15) is 5.82 Å². The van der Waals surface area contributed by atoms with Crippen LogP contribution < -0.4 is 5.73 Å². The van der Waals surface area contributed by atoms with E-state index in [1.165, 1.54) is 56.9 Å². The molecule has 0 saturated carbocycles. The van der Waals surface area contributed by atoms with Crippen molar-refractivity contribution in [1.82, 2.24) is 4.98 Å². The summed E-state index contributed by atoms with van der Waals surface area (Å²) in [6, 6.07) is 4.09. The third-order valence-corrected chi connectivity index (χ3v) is 3.59. The average Bonchev–Trinajstić information content (AvgIpc) is 2.38. The van der Waals surface area contributed by atoms with Crippen LogP contribution in [0.2, 0.25) is 0 Å². The minimum Gasteiger partial charge on any atom is -0.384 e. The van der Waals surface area contributed by atoms with Crippen LogP contribution in [0, 0.1) is 0 Å². The van der Waals surface area contributed by atoms with Crippen LogP contribution in [0.1, 0.15) is 76.7 Å². The maximum absolute atomic E-state index is 5.66. The third-order valence-electron chi connectivity index (χ3n) is 3.59. The van der Waals surface area contributed by atoms with Gasteiger partial charge in [-0.1, -0.05) is 58.4 Å². The van der Waals surface area contributed by atoms with E-state index in [1.54, 1.807) is 0 Å². The lowest BCUT2D eigenvalue weighted by molar-refractivity contribution is 0.506. The molecule has 0 spiro atoms. The fourth-order valence-corrected chi connectivity index (χ4v) is 2.42. The van der Waals surface area contributed by atoms with Gasteiger partial charge in [-0.25, -0.2) is 4.98 Å². The molecule has 0 amide bonds. The molecule has 0 aromatic carbocycles. The summed E-state index contributed by atoms with van der Waals surface area (Å²) >= 11 is 0. The first-order chi connectivity index (χ1) is 8.77. The monoisotopic (exact) mass is 248 g/mol. The Bertz CT molecular complexity index is 295. The number of nitrogens with two attached hydrogens (primary N) is 1. The lowest BCUT2D eigenvalue weighted by atomic mass is 9.89. The van der Waals surface area contributed by atoms with Crippen LogP contribution in [0.5, 0.6) is 0 Å². The van der Waals surface area contributed by atoms with E-state index in [0.717, 1.165) is 0 Å². The molecule has 0 unspecified atom stereocenters. The Balaban J connectivity index is 2.54. The van der Waals surface area contributed by atoms with Gasteiger partial charge in [0.2, 0.25) is 0 Å². The van der Waals surface area contributed by atoms with Gasteiger partial charge >= 0.3 is 0 Å². The molecule has 0 bridgehead atoms. The summed E-state index contributed by atoms with van der Waals surface area (Å²) in [6.45, 7) is 4.52. The highest BCUT2D eigenvalue weighted by Crippen LogP contribution is 2.28. The molecule has 1 aromatic heterocycles. The summed E-state index contributed by atoms with van der Waals surface area (Å²) in [6.07, 6.45) is 12.5. The Morgan fingerprint density at radius 1 is 1.00 bits per heavy atom. The van der Waals surface area contributed by atoms with Gasteiger partial charge < -0.3 is 5.73 Å². The minimum atomic E-state index is 0.625. The second-order valence-electron chi connectivity index (χ2n) is 5.20. The Morgan fingerprint density at radius 2 is 1.61 bits per heavy atom. The molecule has 1 aromatic rings. The van der Waals surface area contributed by atoms with Gasteiger partial charge in [-0.2, -0.15) is 0 Å². The van der Waals surface area contributed by atoms with E-state index >= 15 is 0 Å². The molecule has 2 N–H and O–H groups in total. The standard InChI is InChI=1S/C16H28N2/c1-3-5-7-9-14(10-8-6-4-2)15-11-12-16(17)18-13-15/h11-14H,3-10H2,1-2H3,(H2,17,18). The molecule has 0 fully saturated rings. The highest BCUT2D eigenvalue weighted by Gasteiger charge is 2.11. The first kappa shape index (κ1) is 15.0. The molecular weight excluding hydrogens is 220 g/mol. The molecule has 1 rings (SSSR count). The van der Waals surface area contributed by atoms with E-state index < -0.39 is 0 Å². The van der Waals surface area contributed by atoms with Gasteiger partial charge in [0.25, 0.3) is 0 Å². The first-order valence-corrected chi connectivity index (χ1v) is 7.49. The predicted octanol–water partition coefficient (Wildman–Crippen LogP) is 4.91. The molecule has 0 saturated heterocycles. The van der Waals surface area contributed by atoms with Gasteiger partial charge in [0, 0.05) is 6.20 Å². The zero-order valence-corrected chi connectivity index (χ0v) is 12.0. The van der Waals surface area contributed by atoms with Crippen molar-refractivity contribution in [2.45, 2.75) is 71.1 Å². The molecule has 2 heteroatoms. The van der Waals surface area contributed by atoms with Crippen molar-refractivity contribution in [2.75, 3.05) is 5.73 Å². The van der Waals surface area contributed by atoms with E-state index in [9.17, 15) is 0 Å². The molecule has 0 aliphatic rings. The molecule has 2 nitrogen and oxygen atoms in total. The van der Waals surface area contributed by atoms with Gasteiger partial charge in [-0.15, -0.1) is 0 Å². The maximum atomic E-state index is 5.66. The lowest BCUT2D eigenvalue weighted by Crippen LogP contribution is -2.01. The Labute approximate surface area is 112 Å². The molecular formula is C16H28N2. The fourth-order valence-electron chi connectivity index (χ4n) is 2.42. The topological polar surface area (TPSA) is 38.9 Å². The number of nitrogens with zero attached hydrogens (tertiary/aromatic N) is 1. The molecule has 0 atom stereocenters. The zero-order chi connectivity index (χ0) is 13.2. The van der Waals surface area contributed by atoms with Crippen molar-refractivity contribution in [2.24, 2.45) is 0 Å². The Hall–Kier alpha value is -1.05. The van der Waals surface area contributed by atoms with E-state index in [1.807, 2.05) is 12.3 Å². The largest absolute Gasteiger partial charge is 0.384 e. The summed E-state index contributed by atoms with van der Waals surface area (Å²) in [5.41, 5.74) is 7.03. The minimum absolute atomic E-state index is 0.625. The summed E-state index contributed by atoms with van der Waals surface area (Å²) in [5, 5.41) is 0. The lowest BCUT2D eigenvalue weighted by Gasteiger charge is -2.17. The van der Waals surface area contributed by atoms with Gasteiger partial charge in [0.15, 0.2) is 0 Å². The molecule has 0 radical (unpaired) electrons. The Morgan fingerprint density at radius 3 is 2.06 bits per heavy atom. The van der Waals surface area contributed by atoms with Crippen LogP contribution in [-0.2, 0) is 0 Å². The van der Waals surface area contributed by atoms with Crippen LogP contribution >= 0.6 is 0 Å². The van der Waals surface area contributed by atoms with Gasteiger partial charge in [0.05, 0.1) is 0 Å². The van der Waals surface area contributed by atoms with E-state index in [-0.39, 0.29) is 0 Å². The average molecular weight is 248 g/mol. The van der Waals surface area contributed by atoms with Crippen LogP contribution in [0.25, 0.3) is 0 Å². The fraction of sp³-hybridized carbons (Fsp3) is 0.688. The van der Waals surface area contributed by atoms with Crippen LogP contribution in [-0.4, -0.2) is 4.98 Å². The summed E-state index contributed by atoms with van der Waals surface area (Å²) < 4.78 is 0. The zero-order valence-electron chi connectivity index (χ0n) is 12.0. The number of anilines is 1. The number of unbranched alkanes of at least 4 members (excludes halogenated alkanes) is 4. The highest BCUT2D eigenvalue weighted by molar-refractivity contribution is 5.30. The van der Waals surface area contributed by atoms with E-state index in [0.29, 0.717) is 11.7 Å². The van der Waals surface area contributed by atoms with Gasteiger partial charge in [-0.05, 0) is 30.4 Å². The molecule has 1 heterocycles. The summed E-state index contributed by atoms with van der Waals surface area (Å²) in [4.78, 5) is 4.23. The number of pyridine rings is 1. The first-order valence-electron chi connectivity index (χ1n) is 7.49. The van der Waals surface area contributed by atoms with E-state index in [4.69, 9.17) is 5.73 Å². The van der Waals surface area contributed by atoms with Crippen molar-refractivity contribution in [3.63, 3.8) is 0 Å². The van der Waals surface area contributed by atoms with Crippen LogP contribution in [0.4, 0.5) is 5.82 Å². The van der Waals surface area contributed by atoms with Gasteiger partial charge in [-0.3, -0.25) is 0 Å². The number of hydrogen-bond acceptors (Lipinski definition) is 2. The number of rotatable bonds is 9. The molecule has 0 aliphatic carbocycles. The van der Waals surface area contributed by atoms with Crippen LogP contribution in [0.15, 0.2) is 18.3 Å². The van der Waals surface area contributed by atoms with Crippen molar-refractivity contribution >= 4 is 5.82 Å². The summed E-state index contributed by atoms with van der Waals surface area (Å²) in [7, 11) is 0. The molecule has 102 valence electrons. The van der Waals surface area contributed by atoms with Crippen LogP contribution in [0.3, 0.4) is 0 Å². The second kappa shape index (κ2) is 8.96.